The summed E-state index contributed by atoms with van der Waals surface area (Å²) in [5.41, 5.74) is 6.97. The molecule has 0 aliphatic carbocycles. The molecule has 0 amide bonds. The zero-order valence-corrected chi connectivity index (χ0v) is 7.77. The number of alkyl halides is 1. The molecule has 12 heavy (non-hydrogen) atoms. The molecule has 0 spiro atoms. The quantitative estimate of drug-likeness (QED) is 0.760. The minimum absolute atomic E-state index is 0. The highest BCUT2D eigenvalue weighted by atomic mass is 35.5. The lowest BCUT2D eigenvalue weighted by Gasteiger charge is -2.04. The molecule has 0 saturated carbocycles. The lowest BCUT2D eigenvalue weighted by atomic mass is 10.1. The summed E-state index contributed by atoms with van der Waals surface area (Å²) in [5, 5.41) is 0. The minimum Gasteiger partial charge on any atom is -0.327 e. The molecular formula is C9H13ClFN. The Hall–Kier alpha value is -0.600. The Morgan fingerprint density at radius 1 is 1.33 bits per heavy atom. The van der Waals surface area contributed by atoms with Crippen molar-refractivity contribution in [3.63, 3.8) is 0 Å². The van der Waals surface area contributed by atoms with E-state index in [2.05, 4.69) is 0 Å². The monoisotopic (exact) mass is 189 g/mol. The number of nitrogens with two attached hydrogens (primary N) is 1. The summed E-state index contributed by atoms with van der Waals surface area (Å²) >= 11 is 0. The molecule has 1 aromatic carbocycles. The van der Waals surface area contributed by atoms with Crippen molar-refractivity contribution in [2.45, 2.75) is 13.1 Å². The smallest absolute Gasteiger partial charge is 0.137 e. The SMILES string of the molecule is Cc1ccc(C(F)CN)cc1.Cl. The van der Waals surface area contributed by atoms with Crippen molar-refractivity contribution >= 4 is 12.4 Å². The normalized spacial score (nSPS) is 11.9. The second kappa shape index (κ2) is 5.12. The molecule has 1 unspecified atom stereocenters. The topological polar surface area (TPSA) is 26.0 Å². The second-order valence-electron chi connectivity index (χ2n) is 2.61. The zero-order valence-electron chi connectivity index (χ0n) is 6.96. The molecule has 0 fully saturated rings. The molecule has 0 bridgehead atoms. The molecule has 0 saturated heterocycles. The standard InChI is InChI=1S/C9H12FN.ClH/c1-7-2-4-8(5-3-7)9(10)6-11;/h2-5,9H,6,11H2,1H3;1H. The Bertz CT molecular complexity index is 222. The molecule has 0 heterocycles. The van der Waals surface area contributed by atoms with Gasteiger partial charge in [-0.2, -0.15) is 0 Å². The molecule has 1 rings (SSSR count). The van der Waals surface area contributed by atoms with Crippen LogP contribution >= 0.6 is 12.4 Å². The van der Waals surface area contributed by atoms with Crippen molar-refractivity contribution in [3.8, 4) is 0 Å². The van der Waals surface area contributed by atoms with Crippen LogP contribution < -0.4 is 5.73 Å². The lowest BCUT2D eigenvalue weighted by molar-refractivity contribution is 0.353. The van der Waals surface area contributed by atoms with Crippen LogP contribution in [0.3, 0.4) is 0 Å². The van der Waals surface area contributed by atoms with Gasteiger partial charge in [-0.05, 0) is 12.5 Å². The molecule has 1 nitrogen and oxygen atoms in total. The van der Waals surface area contributed by atoms with E-state index in [0.717, 1.165) is 5.56 Å². The highest BCUT2D eigenvalue weighted by Crippen LogP contribution is 2.15. The van der Waals surface area contributed by atoms with Gasteiger partial charge in [0, 0.05) is 6.54 Å². The van der Waals surface area contributed by atoms with Gasteiger partial charge in [-0.15, -0.1) is 12.4 Å². The highest BCUT2D eigenvalue weighted by Gasteiger charge is 2.04. The molecular weight excluding hydrogens is 177 g/mol. The second-order valence-corrected chi connectivity index (χ2v) is 2.61. The first-order chi connectivity index (χ1) is 5.24. The number of benzene rings is 1. The molecule has 0 aliphatic heterocycles. The van der Waals surface area contributed by atoms with E-state index in [0.29, 0.717) is 5.56 Å². The van der Waals surface area contributed by atoms with Crippen LogP contribution in [0.5, 0.6) is 0 Å². The molecule has 0 aliphatic rings. The van der Waals surface area contributed by atoms with Crippen LogP contribution in [0.4, 0.5) is 4.39 Å². The number of rotatable bonds is 2. The van der Waals surface area contributed by atoms with Crippen molar-refractivity contribution in [1.82, 2.24) is 0 Å². The summed E-state index contributed by atoms with van der Waals surface area (Å²) < 4.78 is 12.9. The van der Waals surface area contributed by atoms with E-state index < -0.39 is 6.17 Å². The van der Waals surface area contributed by atoms with Gasteiger partial charge in [0.05, 0.1) is 0 Å². The van der Waals surface area contributed by atoms with Crippen molar-refractivity contribution < 1.29 is 4.39 Å². The van der Waals surface area contributed by atoms with Crippen LogP contribution in [-0.2, 0) is 0 Å². The number of hydrogen-bond acceptors (Lipinski definition) is 1. The van der Waals surface area contributed by atoms with E-state index in [9.17, 15) is 4.39 Å². The van der Waals surface area contributed by atoms with E-state index in [4.69, 9.17) is 5.73 Å². The lowest BCUT2D eigenvalue weighted by Crippen LogP contribution is -2.07. The summed E-state index contributed by atoms with van der Waals surface area (Å²) in [6.45, 7) is 2.03. The van der Waals surface area contributed by atoms with E-state index in [1.807, 2.05) is 19.1 Å². The maximum absolute atomic E-state index is 12.9. The molecule has 0 radical (unpaired) electrons. The van der Waals surface area contributed by atoms with Crippen LogP contribution in [0.2, 0.25) is 0 Å². The number of hydrogen-bond donors (Lipinski definition) is 1. The van der Waals surface area contributed by atoms with Gasteiger partial charge in [0.1, 0.15) is 6.17 Å². The minimum atomic E-state index is -1.02. The largest absolute Gasteiger partial charge is 0.327 e. The maximum Gasteiger partial charge on any atom is 0.137 e. The fourth-order valence-electron chi connectivity index (χ4n) is 0.911. The van der Waals surface area contributed by atoms with Gasteiger partial charge in [-0.3, -0.25) is 0 Å². The Morgan fingerprint density at radius 3 is 2.25 bits per heavy atom. The summed E-state index contributed by atoms with van der Waals surface area (Å²) in [4.78, 5) is 0. The Labute approximate surface area is 78.2 Å². The van der Waals surface area contributed by atoms with Crippen LogP contribution in [0, 0.1) is 6.92 Å². The Balaban J connectivity index is 0.00000121. The summed E-state index contributed by atoms with van der Waals surface area (Å²) in [6.07, 6.45) is -1.02. The third-order valence-corrected chi connectivity index (χ3v) is 1.65. The van der Waals surface area contributed by atoms with Crippen LogP contribution in [0.25, 0.3) is 0 Å². The van der Waals surface area contributed by atoms with Crippen LogP contribution in [-0.4, -0.2) is 6.54 Å². The molecule has 2 N–H and O–H groups in total. The van der Waals surface area contributed by atoms with Gasteiger partial charge in [-0.1, -0.05) is 29.8 Å². The van der Waals surface area contributed by atoms with Crippen molar-refractivity contribution in [1.29, 1.82) is 0 Å². The predicted octanol–water partition coefficient (Wildman–Crippen LogP) is 2.39. The van der Waals surface area contributed by atoms with E-state index in [-0.39, 0.29) is 19.0 Å². The van der Waals surface area contributed by atoms with Gasteiger partial charge >= 0.3 is 0 Å². The van der Waals surface area contributed by atoms with Crippen molar-refractivity contribution in [3.05, 3.63) is 35.4 Å². The maximum atomic E-state index is 12.9. The fourth-order valence-corrected chi connectivity index (χ4v) is 0.911. The third kappa shape index (κ3) is 2.80. The number of halogens is 2. The van der Waals surface area contributed by atoms with Gasteiger partial charge in [0.25, 0.3) is 0 Å². The summed E-state index contributed by atoms with van der Waals surface area (Å²) in [5.74, 6) is 0. The average Bonchev–Trinajstić information content (AvgIpc) is 2.05. The van der Waals surface area contributed by atoms with Crippen LogP contribution in [0.15, 0.2) is 24.3 Å². The third-order valence-electron chi connectivity index (χ3n) is 1.65. The fraction of sp³-hybridized carbons (Fsp3) is 0.333. The Kier molecular flexibility index (Phi) is 4.86. The first-order valence-corrected chi connectivity index (χ1v) is 3.64. The molecule has 0 aromatic heterocycles. The average molecular weight is 190 g/mol. The Morgan fingerprint density at radius 2 is 1.83 bits per heavy atom. The predicted molar refractivity (Wildman–Crippen MR) is 51.3 cm³/mol. The van der Waals surface area contributed by atoms with Gasteiger partial charge in [0.2, 0.25) is 0 Å². The van der Waals surface area contributed by atoms with Crippen molar-refractivity contribution in [2.75, 3.05) is 6.54 Å². The highest BCUT2D eigenvalue weighted by molar-refractivity contribution is 5.85. The molecule has 1 atom stereocenters. The molecule has 3 heteroatoms. The van der Waals surface area contributed by atoms with E-state index >= 15 is 0 Å². The molecule has 1 aromatic rings. The van der Waals surface area contributed by atoms with Gasteiger partial charge in [0.15, 0.2) is 0 Å². The zero-order chi connectivity index (χ0) is 8.27. The first kappa shape index (κ1) is 11.4. The van der Waals surface area contributed by atoms with Crippen LogP contribution in [0.1, 0.15) is 17.3 Å². The molecule has 68 valence electrons. The summed E-state index contributed by atoms with van der Waals surface area (Å²) in [7, 11) is 0. The van der Waals surface area contributed by atoms with Gasteiger partial charge < -0.3 is 5.73 Å². The summed E-state index contributed by atoms with van der Waals surface area (Å²) in [6, 6.07) is 7.31. The van der Waals surface area contributed by atoms with E-state index in [1.165, 1.54) is 0 Å². The van der Waals surface area contributed by atoms with Crippen molar-refractivity contribution in [2.24, 2.45) is 5.73 Å². The first-order valence-electron chi connectivity index (χ1n) is 3.64. The van der Waals surface area contributed by atoms with E-state index in [1.54, 1.807) is 12.1 Å². The van der Waals surface area contributed by atoms with Gasteiger partial charge in [-0.25, -0.2) is 4.39 Å². The number of aryl methyl sites for hydroxylation is 1.